The molecule has 0 aliphatic heterocycles. The highest BCUT2D eigenvalue weighted by Gasteiger charge is 2.10. The minimum absolute atomic E-state index is 0.146. The summed E-state index contributed by atoms with van der Waals surface area (Å²) in [4.78, 5) is 2.58. The van der Waals surface area contributed by atoms with Gasteiger partial charge in [-0.05, 0) is 73.5 Å². The maximum absolute atomic E-state index is 5.88. The third kappa shape index (κ3) is 5.46. The van der Waals surface area contributed by atoms with Crippen molar-refractivity contribution in [2.24, 2.45) is 0 Å². The number of halogens is 1. The van der Waals surface area contributed by atoms with Crippen molar-refractivity contribution in [1.82, 2.24) is 5.32 Å². The largest absolute Gasteiger partial charge is 0.487 e. The standard InChI is InChI=1S/C17H22BrNOS/c1-12-5-8-16(15(18)9-12)20-11-14-7-6-13(21-14)10-19-17(2,3)4/h5-9,19H,10-11H2,1-4H3. The molecule has 0 aliphatic carbocycles. The molecule has 0 radical (unpaired) electrons. The summed E-state index contributed by atoms with van der Waals surface area (Å²) < 4.78 is 6.89. The smallest absolute Gasteiger partial charge is 0.134 e. The number of rotatable bonds is 5. The molecule has 0 unspecified atom stereocenters. The second-order valence-corrected chi connectivity index (χ2v) is 8.30. The van der Waals surface area contributed by atoms with Crippen LogP contribution in [0.3, 0.4) is 0 Å². The van der Waals surface area contributed by atoms with Crippen molar-refractivity contribution in [3.05, 3.63) is 50.1 Å². The molecule has 1 N–H and O–H groups in total. The van der Waals surface area contributed by atoms with Gasteiger partial charge in [0.05, 0.1) is 4.47 Å². The maximum atomic E-state index is 5.88. The van der Waals surface area contributed by atoms with E-state index in [-0.39, 0.29) is 5.54 Å². The van der Waals surface area contributed by atoms with Crippen LogP contribution in [-0.4, -0.2) is 5.54 Å². The lowest BCUT2D eigenvalue weighted by atomic mass is 10.1. The van der Waals surface area contributed by atoms with Crippen LogP contribution in [-0.2, 0) is 13.2 Å². The van der Waals surface area contributed by atoms with Crippen LogP contribution in [0.5, 0.6) is 5.75 Å². The Morgan fingerprint density at radius 3 is 2.52 bits per heavy atom. The lowest BCUT2D eigenvalue weighted by molar-refractivity contribution is 0.308. The average molecular weight is 368 g/mol. The molecule has 0 saturated carbocycles. The molecule has 0 saturated heterocycles. The maximum Gasteiger partial charge on any atom is 0.134 e. The summed E-state index contributed by atoms with van der Waals surface area (Å²) in [6.45, 7) is 10.1. The van der Waals surface area contributed by atoms with Crippen LogP contribution in [0.15, 0.2) is 34.8 Å². The monoisotopic (exact) mass is 367 g/mol. The predicted octanol–water partition coefficient (Wildman–Crippen LogP) is 5.29. The van der Waals surface area contributed by atoms with E-state index in [1.54, 1.807) is 11.3 Å². The van der Waals surface area contributed by atoms with Gasteiger partial charge in [-0.25, -0.2) is 0 Å². The summed E-state index contributed by atoms with van der Waals surface area (Å²) in [7, 11) is 0. The van der Waals surface area contributed by atoms with Crippen molar-refractivity contribution in [2.75, 3.05) is 0 Å². The van der Waals surface area contributed by atoms with Gasteiger partial charge in [0.25, 0.3) is 0 Å². The molecule has 0 bridgehead atoms. The molecular weight excluding hydrogens is 346 g/mol. The Labute approximate surface area is 139 Å². The molecule has 4 heteroatoms. The minimum atomic E-state index is 0.146. The van der Waals surface area contributed by atoms with Crippen molar-refractivity contribution >= 4 is 27.3 Å². The van der Waals surface area contributed by atoms with Crippen molar-refractivity contribution < 1.29 is 4.74 Å². The zero-order chi connectivity index (χ0) is 15.5. The van der Waals surface area contributed by atoms with Crippen LogP contribution in [0.2, 0.25) is 0 Å². The van der Waals surface area contributed by atoms with E-state index in [4.69, 9.17) is 4.74 Å². The number of hydrogen-bond acceptors (Lipinski definition) is 3. The molecule has 0 amide bonds. The van der Waals surface area contributed by atoms with Gasteiger partial charge in [-0.3, -0.25) is 0 Å². The summed E-state index contributed by atoms with van der Waals surface area (Å²) in [5.41, 5.74) is 1.37. The van der Waals surface area contributed by atoms with E-state index in [1.165, 1.54) is 15.3 Å². The minimum Gasteiger partial charge on any atom is -0.487 e. The molecule has 2 aromatic rings. The number of nitrogens with one attached hydrogen (secondary N) is 1. The second kappa shape index (κ2) is 6.95. The van der Waals surface area contributed by atoms with Crippen molar-refractivity contribution in [3.63, 3.8) is 0 Å². The van der Waals surface area contributed by atoms with Crippen molar-refractivity contribution in [2.45, 2.75) is 46.4 Å². The van der Waals surface area contributed by atoms with E-state index >= 15 is 0 Å². The van der Waals surface area contributed by atoms with Gasteiger partial charge in [0.2, 0.25) is 0 Å². The van der Waals surface area contributed by atoms with Crippen molar-refractivity contribution in [3.8, 4) is 5.75 Å². The summed E-state index contributed by atoms with van der Waals surface area (Å²) in [5, 5.41) is 3.50. The highest BCUT2D eigenvalue weighted by atomic mass is 79.9. The lowest BCUT2D eigenvalue weighted by Crippen LogP contribution is -2.34. The summed E-state index contributed by atoms with van der Waals surface area (Å²) in [6, 6.07) is 10.5. The first-order valence-electron chi connectivity index (χ1n) is 7.05. The van der Waals surface area contributed by atoms with Gasteiger partial charge in [-0.1, -0.05) is 6.07 Å². The first-order chi connectivity index (χ1) is 9.83. The first-order valence-corrected chi connectivity index (χ1v) is 8.66. The zero-order valence-electron chi connectivity index (χ0n) is 13.0. The van der Waals surface area contributed by atoms with Crippen LogP contribution in [0.4, 0.5) is 0 Å². The fourth-order valence-corrected chi connectivity index (χ4v) is 3.30. The first kappa shape index (κ1) is 16.5. The van der Waals surface area contributed by atoms with Gasteiger partial charge in [-0.15, -0.1) is 11.3 Å². The zero-order valence-corrected chi connectivity index (χ0v) is 15.4. The van der Waals surface area contributed by atoms with Crippen LogP contribution in [0.25, 0.3) is 0 Å². The van der Waals surface area contributed by atoms with E-state index in [1.807, 2.05) is 6.07 Å². The summed E-state index contributed by atoms with van der Waals surface area (Å²) in [5.74, 6) is 0.892. The number of aryl methyl sites for hydroxylation is 1. The van der Waals surface area contributed by atoms with Crippen LogP contribution < -0.4 is 10.1 Å². The molecule has 1 aromatic carbocycles. The van der Waals surface area contributed by atoms with Crippen LogP contribution in [0.1, 0.15) is 36.1 Å². The van der Waals surface area contributed by atoms with Crippen LogP contribution >= 0.6 is 27.3 Å². The Bertz CT molecular complexity index is 601. The second-order valence-electron chi connectivity index (χ2n) is 6.19. The van der Waals surface area contributed by atoms with E-state index in [2.05, 4.69) is 73.2 Å². The van der Waals surface area contributed by atoms with E-state index < -0.39 is 0 Å². The molecule has 0 fully saturated rings. The number of thiophene rings is 1. The Balaban J connectivity index is 1.90. The highest BCUT2D eigenvalue weighted by Crippen LogP contribution is 2.27. The van der Waals surface area contributed by atoms with Crippen molar-refractivity contribution in [1.29, 1.82) is 0 Å². The Hall–Kier alpha value is -0.840. The van der Waals surface area contributed by atoms with E-state index in [9.17, 15) is 0 Å². The van der Waals surface area contributed by atoms with E-state index in [0.717, 1.165) is 16.8 Å². The fourth-order valence-electron chi connectivity index (χ4n) is 1.82. The topological polar surface area (TPSA) is 21.3 Å². The molecule has 1 aromatic heterocycles. The molecule has 2 nitrogen and oxygen atoms in total. The molecule has 0 aliphatic rings. The normalized spacial score (nSPS) is 11.7. The summed E-state index contributed by atoms with van der Waals surface area (Å²) in [6.07, 6.45) is 0. The van der Waals surface area contributed by atoms with Crippen LogP contribution in [0, 0.1) is 6.92 Å². The van der Waals surface area contributed by atoms with Gasteiger partial charge < -0.3 is 10.1 Å². The van der Waals surface area contributed by atoms with Gasteiger partial charge in [0.1, 0.15) is 12.4 Å². The van der Waals surface area contributed by atoms with E-state index in [0.29, 0.717) is 6.61 Å². The number of benzene rings is 1. The third-order valence-electron chi connectivity index (χ3n) is 2.97. The third-order valence-corrected chi connectivity index (χ3v) is 4.65. The predicted molar refractivity (Wildman–Crippen MR) is 94.1 cm³/mol. The molecule has 114 valence electrons. The molecule has 0 atom stereocenters. The lowest BCUT2D eigenvalue weighted by Gasteiger charge is -2.19. The SMILES string of the molecule is Cc1ccc(OCc2ccc(CNC(C)(C)C)s2)c(Br)c1. The van der Waals surface area contributed by atoms with Gasteiger partial charge in [0.15, 0.2) is 0 Å². The van der Waals surface area contributed by atoms with Gasteiger partial charge in [0, 0.05) is 21.8 Å². The Morgan fingerprint density at radius 1 is 1.14 bits per heavy atom. The molecule has 2 rings (SSSR count). The fraction of sp³-hybridized carbons (Fsp3) is 0.412. The molecular formula is C17H22BrNOS. The number of ether oxygens (including phenoxy) is 1. The Morgan fingerprint density at radius 2 is 1.86 bits per heavy atom. The number of hydrogen-bond donors (Lipinski definition) is 1. The summed E-state index contributed by atoms with van der Waals surface area (Å²) >= 11 is 5.34. The Kier molecular flexibility index (Phi) is 5.47. The van der Waals surface area contributed by atoms with Gasteiger partial charge >= 0.3 is 0 Å². The molecule has 0 spiro atoms. The quantitative estimate of drug-likeness (QED) is 0.775. The molecule has 21 heavy (non-hydrogen) atoms. The average Bonchev–Trinajstić information content (AvgIpc) is 2.82. The highest BCUT2D eigenvalue weighted by molar-refractivity contribution is 9.10. The van der Waals surface area contributed by atoms with Gasteiger partial charge in [-0.2, -0.15) is 0 Å². The molecule has 1 heterocycles.